The maximum atomic E-state index is 12.2. The number of ketones is 1. The summed E-state index contributed by atoms with van der Waals surface area (Å²) in [5.41, 5.74) is 0.0151. The van der Waals surface area contributed by atoms with Crippen molar-refractivity contribution in [1.82, 2.24) is 0 Å². The molecule has 1 N–H and O–H groups in total. The smallest absolute Gasteiger partial charge is 0.220 e. The SMILES string of the molecule is COc1ccc(C=CC(=O)c2ccccc(=O)c2O)c(OC)c1. The third-order valence-electron chi connectivity index (χ3n) is 3.23. The second kappa shape index (κ2) is 7.26. The van der Waals surface area contributed by atoms with Gasteiger partial charge in [-0.3, -0.25) is 9.59 Å². The summed E-state index contributed by atoms with van der Waals surface area (Å²) in [7, 11) is 3.06. The van der Waals surface area contributed by atoms with Crippen LogP contribution in [0.5, 0.6) is 17.2 Å². The first kappa shape index (κ1) is 16.3. The van der Waals surface area contributed by atoms with Gasteiger partial charge in [0, 0.05) is 11.6 Å². The molecule has 0 saturated heterocycles. The van der Waals surface area contributed by atoms with Crippen LogP contribution in [0.15, 0.2) is 53.3 Å². The molecule has 2 rings (SSSR count). The number of carbonyl (C=O) groups excluding carboxylic acids is 1. The fourth-order valence-corrected chi connectivity index (χ4v) is 2.00. The molecule has 0 aliphatic rings. The highest BCUT2D eigenvalue weighted by Crippen LogP contribution is 2.25. The van der Waals surface area contributed by atoms with Crippen LogP contribution in [0.1, 0.15) is 15.9 Å². The predicted octanol–water partition coefficient (Wildman–Crippen LogP) is 2.67. The topological polar surface area (TPSA) is 72.8 Å². The molecule has 0 aliphatic heterocycles. The molecular formula is C18H16O5. The zero-order chi connectivity index (χ0) is 16.8. The molecule has 0 amide bonds. The lowest BCUT2D eigenvalue weighted by molar-refractivity contribution is 0.104. The van der Waals surface area contributed by atoms with Gasteiger partial charge in [0.2, 0.25) is 5.43 Å². The molecule has 23 heavy (non-hydrogen) atoms. The highest BCUT2D eigenvalue weighted by molar-refractivity contribution is 6.08. The van der Waals surface area contributed by atoms with E-state index in [-0.39, 0.29) is 5.56 Å². The molecule has 5 heteroatoms. The zero-order valence-corrected chi connectivity index (χ0v) is 12.8. The van der Waals surface area contributed by atoms with Gasteiger partial charge in [0.25, 0.3) is 0 Å². The summed E-state index contributed by atoms with van der Waals surface area (Å²) in [6.45, 7) is 0. The van der Waals surface area contributed by atoms with Crippen molar-refractivity contribution in [1.29, 1.82) is 0 Å². The van der Waals surface area contributed by atoms with E-state index in [1.165, 1.54) is 37.5 Å². The lowest BCUT2D eigenvalue weighted by Gasteiger charge is -2.07. The van der Waals surface area contributed by atoms with E-state index in [1.807, 2.05) is 0 Å². The van der Waals surface area contributed by atoms with Crippen molar-refractivity contribution < 1.29 is 19.4 Å². The summed E-state index contributed by atoms with van der Waals surface area (Å²) in [5, 5.41) is 9.79. The number of methoxy groups -OCH3 is 2. The molecule has 0 bridgehead atoms. The van der Waals surface area contributed by atoms with Gasteiger partial charge in [0.05, 0.1) is 19.8 Å². The predicted molar refractivity (Wildman–Crippen MR) is 87.3 cm³/mol. The van der Waals surface area contributed by atoms with Crippen LogP contribution < -0.4 is 14.9 Å². The Labute approximate surface area is 133 Å². The number of rotatable bonds is 5. The van der Waals surface area contributed by atoms with Crippen molar-refractivity contribution in [2.24, 2.45) is 0 Å². The van der Waals surface area contributed by atoms with Crippen molar-refractivity contribution in [3.63, 3.8) is 0 Å². The quantitative estimate of drug-likeness (QED) is 0.679. The van der Waals surface area contributed by atoms with Gasteiger partial charge in [-0.15, -0.1) is 0 Å². The summed E-state index contributed by atoms with van der Waals surface area (Å²) >= 11 is 0. The summed E-state index contributed by atoms with van der Waals surface area (Å²) in [6, 6.07) is 10.8. The highest BCUT2D eigenvalue weighted by Gasteiger charge is 2.10. The van der Waals surface area contributed by atoms with Gasteiger partial charge in [-0.2, -0.15) is 0 Å². The average Bonchev–Trinajstić information content (AvgIpc) is 2.74. The Kier molecular flexibility index (Phi) is 5.15. The van der Waals surface area contributed by atoms with Crippen molar-refractivity contribution in [3.05, 3.63) is 69.9 Å². The van der Waals surface area contributed by atoms with Gasteiger partial charge in [-0.05, 0) is 36.4 Å². The van der Waals surface area contributed by atoms with Gasteiger partial charge in [0.15, 0.2) is 11.5 Å². The van der Waals surface area contributed by atoms with Crippen LogP contribution in [0, 0.1) is 0 Å². The molecular weight excluding hydrogens is 296 g/mol. The Hall–Kier alpha value is -3.08. The first-order valence-corrected chi connectivity index (χ1v) is 6.83. The summed E-state index contributed by atoms with van der Waals surface area (Å²) in [6.07, 6.45) is 2.83. The Bertz CT molecular complexity index is 809. The van der Waals surface area contributed by atoms with Crippen molar-refractivity contribution >= 4 is 11.9 Å². The van der Waals surface area contributed by atoms with E-state index < -0.39 is 17.0 Å². The standard InChI is InChI=1S/C18H16O5/c1-22-13-9-7-12(17(11-13)23-2)8-10-15(19)14-5-3-4-6-16(20)18(14)21/h3-11H,1-2H3,(H,20,21). The fourth-order valence-electron chi connectivity index (χ4n) is 2.00. The number of allylic oxidation sites excluding steroid dienone is 1. The van der Waals surface area contributed by atoms with E-state index >= 15 is 0 Å². The maximum Gasteiger partial charge on any atom is 0.220 e. The van der Waals surface area contributed by atoms with Gasteiger partial charge >= 0.3 is 0 Å². The largest absolute Gasteiger partial charge is 0.504 e. The van der Waals surface area contributed by atoms with Gasteiger partial charge < -0.3 is 14.6 Å². The van der Waals surface area contributed by atoms with E-state index in [9.17, 15) is 14.7 Å². The van der Waals surface area contributed by atoms with Gasteiger partial charge in [0.1, 0.15) is 11.5 Å². The van der Waals surface area contributed by atoms with Gasteiger partial charge in [-0.25, -0.2) is 0 Å². The Morgan fingerprint density at radius 1 is 1.09 bits per heavy atom. The third-order valence-corrected chi connectivity index (χ3v) is 3.23. The Balaban J connectivity index is 2.35. The third kappa shape index (κ3) is 3.77. The van der Waals surface area contributed by atoms with Crippen LogP contribution in [-0.4, -0.2) is 25.1 Å². The van der Waals surface area contributed by atoms with E-state index in [4.69, 9.17) is 9.47 Å². The lowest BCUT2D eigenvalue weighted by Crippen LogP contribution is -2.01. The maximum absolute atomic E-state index is 12.2. The number of aromatic hydroxyl groups is 1. The normalized spacial score (nSPS) is 10.5. The number of hydrogen-bond acceptors (Lipinski definition) is 5. The molecule has 0 spiro atoms. The Morgan fingerprint density at radius 2 is 1.83 bits per heavy atom. The summed E-state index contributed by atoms with van der Waals surface area (Å²) < 4.78 is 10.3. The number of carbonyl (C=O) groups is 1. The minimum atomic E-state index is -0.603. The molecule has 0 atom stereocenters. The number of hydrogen-bond donors (Lipinski definition) is 1. The monoisotopic (exact) mass is 312 g/mol. The Morgan fingerprint density at radius 3 is 2.52 bits per heavy atom. The molecule has 0 unspecified atom stereocenters. The van der Waals surface area contributed by atoms with E-state index in [1.54, 1.807) is 31.4 Å². The first-order chi connectivity index (χ1) is 11.1. The van der Waals surface area contributed by atoms with Crippen molar-refractivity contribution in [2.45, 2.75) is 0 Å². The van der Waals surface area contributed by atoms with Crippen LogP contribution in [-0.2, 0) is 0 Å². The van der Waals surface area contributed by atoms with Crippen molar-refractivity contribution in [3.8, 4) is 17.2 Å². The summed E-state index contributed by atoms with van der Waals surface area (Å²) in [4.78, 5) is 23.7. The van der Waals surface area contributed by atoms with Crippen LogP contribution in [0.3, 0.4) is 0 Å². The second-order valence-corrected chi connectivity index (χ2v) is 4.65. The highest BCUT2D eigenvalue weighted by atomic mass is 16.5. The molecule has 0 aromatic heterocycles. The number of ether oxygens (including phenoxy) is 2. The van der Waals surface area contributed by atoms with Crippen molar-refractivity contribution in [2.75, 3.05) is 14.2 Å². The van der Waals surface area contributed by atoms with E-state index in [0.717, 1.165) is 0 Å². The first-order valence-electron chi connectivity index (χ1n) is 6.83. The average molecular weight is 312 g/mol. The molecule has 0 radical (unpaired) electrons. The molecule has 0 heterocycles. The van der Waals surface area contributed by atoms with E-state index in [2.05, 4.69) is 0 Å². The van der Waals surface area contributed by atoms with Crippen LogP contribution >= 0.6 is 0 Å². The van der Waals surface area contributed by atoms with E-state index in [0.29, 0.717) is 17.1 Å². The fraction of sp³-hybridized carbons (Fsp3) is 0.111. The molecule has 0 aliphatic carbocycles. The summed E-state index contributed by atoms with van der Waals surface area (Å²) in [5.74, 6) is 0.134. The van der Waals surface area contributed by atoms with Crippen LogP contribution in [0.4, 0.5) is 0 Å². The molecule has 2 aromatic rings. The van der Waals surface area contributed by atoms with Gasteiger partial charge in [-0.1, -0.05) is 12.1 Å². The minimum Gasteiger partial charge on any atom is -0.504 e. The molecule has 0 fully saturated rings. The second-order valence-electron chi connectivity index (χ2n) is 4.65. The molecule has 2 aromatic carbocycles. The van der Waals surface area contributed by atoms with Crippen LogP contribution in [0.25, 0.3) is 6.08 Å². The number of benzene rings is 1. The minimum absolute atomic E-state index is 0.0521. The lowest BCUT2D eigenvalue weighted by atomic mass is 10.1. The molecule has 0 saturated carbocycles. The zero-order valence-electron chi connectivity index (χ0n) is 12.8. The molecule has 5 nitrogen and oxygen atoms in total. The molecule has 118 valence electrons. The van der Waals surface area contributed by atoms with Crippen LogP contribution in [0.2, 0.25) is 0 Å².